The third kappa shape index (κ3) is 5.15. The second kappa shape index (κ2) is 9.21. The number of fused-ring (bicyclic) bond motifs is 1. The van der Waals surface area contributed by atoms with Gasteiger partial charge in [0.1, 0.15) is 16.3 Å². The van der Waals surface area contributed by atoms with E-state index in [1.54, 1.807) is 6.92 Å². The molecule has 0 bridgehead atoms. The van der Waals surface area contributed by atoms with E-state index in [1.807, 2.05) is 0 Å². The van der Waals surface area contributed by atoms with Gasteiger partial charge in [0.15, 0.2) is 5.82 Å². The number of aryl methyl sites for hydroxylation is 1. The Labute approximate surface area is 183 Å². The van der Waals surface area contributed by atoms with Gasteiger partial charge in [0.2, 0.25) is 0 Å². The van der Waals surface area contributed by atoms with E-state index < -0.39 is 23.3 Å². The minimum absolute atomic E-state index is 0.0304. The van der Waals surface area contributed by atoms with Crippen LogP contribution in [-0.4, -0.2) is 36.3 Å². The molecule has 2 heterocycles. The number of esters is 1. The van der Waals surface area contributed by atoms with Crippen LogP contribution in [0.4, 0.5) is 13.2 Å². The number of aromatic amines is 1. The van der Waals surface area contributed by atoms with Crippen molar-refractivity contribution in [2.24, 2.45) is 0 Å². The van der Waals surface area contributed by atoms with Crippen LogP contribution in [0, 0.1) is 6.92 Å². The monoisotopic (exact) mass is 472 g/mol. The van der Waals surface area contributed by atoms with E-state index >= 15 is 0 Å². The normalized spacial score (nSPS) is 12.4. The van der Waals surface area contributed by atoms with E-state index in [9.17, 15) is 22.8 Å². The lowest BCUT2D eigenvalue weighted by Crippen LogP contribution is -2.11. The van der Waals surface area contributed by atoms with Gasteiger partial charge in [0.05, 0.1) is 22.6 Å². The average Bonchev–Trinajstić information content (AvgIpc) is 3.04. The first-order valence-corrected chi connectivity index (χ1v) is 10.1. The van der Waals surface area contributed by atoms with E-state index in [-0.39, 0.29) is 44.7 Å². The SMILES string of the molecule is COCCOC(=O)c1sc2nc(/C(Cl)=C/c3cccc(C(F)(F)F)c3)[nH]c(=O)c2c1C. The fourth-order valence-electron chi connectivity index (χ4n) is 2.75. The molecule has 6 nitrogen and oxygen atoms in total. The summed E-state index contributed by atoms with van der Waals surface area (Å²) in [6.07, 6.45) is -3.23. The fourth-order valence-corrected chi connectivity index (χ4v) is 4.05. The molecule has 2 aromatic heterocycles. The van der Waals surface area contributed by atoms with Gasteiger partial charge in [-0.1, -0.05) is 23.7 Å². The summed E-state index contributed by atoms with van der Waals surface area (Å²) in [5.74, 6) is -0.638. The van der Waals surface area contributed by atoms with Crippen molar-refractivity contribution in [2.45, 2.75) is 13.1 Å². The first-order chi connectivity index (χ1) is 14.6. The topological polar surface area (TPSA) is 81.3 Å². The van der Waals surface area contributed by atoms with Gasteiger partial charge < -0.3 is 14.5 Å². The van der Waals surface area contributed by atoms with Crippen molar-refractivity contribution in [1.82, 2.24) is 9.97 Å². The van der Waals surface area contributed by atoms with Gasteiger partial charge in [-0.15, -0.1) is 11.3 Å². The van der Waals surface area contributed by atoms with Gasteiger partial charge in [-0.3, -0.25) is 4.79 Å². The molecule has 164 valence electrons. The molecular weight excluding hydrogens is 457 g/mol. The lowest BCUT2D eigenvalue weighted by atomic mass is 10.1. The van der Waals surface area contributed by atoms with Crippen LogP contribution >= 0.6 is 22.9 Å². The highest BCUT2D eigenvalue weighted by Gasteiger charge is 2.30. The van der Waals surface area contributed by atoms with Gasteiger partial charge in [-0.2, -0.15) is 13.2 Å². The maximum absolute atomic E-state index is 12.9. The van der Waals surface area contributed by atoms with Gasteiger partial charge in [0, 0.05) is 7.11 Å². The number of hydrogen-bond donors (Lipinski definition) is 1. The second-order valence-electron chi connectivity index (χ2n) is 6.40. The summed E-state index contributed by atoms with van der Waals surface area (Å²) in [5.41, 5.74) is -0.749. The third-order valence-corrected chi connectivity index (χ3v) is 5.69. The number of methoxy groups -OCH3 is 1. The Balaban J connectivity index is 1.97. The van der Waals surface area contributed by atoms with Crippen molar-refractivity contribution in [3.63, 3.8) is 0 Å². The van der Waals surface area contributed by atoms with Gasteiger partial charge >= 0.3 is 12.1 Å². The number of rotatable bonds is 6. The van der Waals surface area contributed by atoms with Crippen molar-refractivity contribution < 1.29 is 27.4 Å². The lowest BCUT2D eigenvalue weighted by Gasteiger charge is -2.07. The number of thiophene rings is 1. The summed E-state index contributed by atoms with van der Waals surface area (Å²) >= 11 is 7.19. The maximum Gasteiger partial charge on any atom is 0.416 e. The predicted molar refractivity (Wildman–Crippen MR) is 112 cm³/mol. The van der Waals surface area contributed by atoms with Crippen LogP contribution in [0.2, 0.25) is 0 Å². The Hall–Kier alpha value is -2.69. The van der Waals surface area contributed by atoms with Crippen molar-refractivity contribution in [1.29, 1.82) is 0 Å². The summed E-state index contributed by atoms with van der Waals surface area (Å²) in [5, 5.41) is 0.157. The molecule has 31 heavy (non-hydrogen) atoms. The third-order valence-electron chi connectivity index (χ3n) is 4.24. The smallest absolute Gasteiger partial charge is 0.416 e. The summed E-state index contributed by atoms with van der Waals surface area (Å²) in [6, 6.07) is 4.57. The lowest BCUT2D eigenvalue weighted by molar-refractivity contribution is -0.137. The number of halogens is 4. The Morgan fingerprint density at radius 3 is 2.74 bits per heavy atom. The van der Waals surface area contributed by atoms with E-state index in [0.717, 1.165) is 23.5 Å². The Morgan fingerprint density at radius 1 is 1.32 bits per heavy atom. The molecule has 0 fully saturated rings. The molecule has 0 spiro atoms. The molecule has 11 heteroatoms. The molecule has 1 aromatic carbocycles. The first kappa shape index (κ1) is 23.0. The number of carbonyl (C=O) groups excluding carboxylic acids is 1. The van der Waals surface area contributed by atoms with Crippen LogP contribution in [0.1, 0.15) is 32.2 Å². The molecule has 1 N–H and O–H groups in total. The highest BCUT2D eigenvalue weighted by Crippen LogP contribution is 2.32. The average molecular weight is 473 g/mol. The molecule has 3 rings (SSSR count). The largest absolute Gasteiger partial charge is 0.459 e. The number of ether oxygens (including phenoxy) is 2. The van der Waals surface area contributed by atoms with Crippen molar-refractivity contribution >= 4 is 50.2 Å². The minimum atomic E-state index is -4.50. The molecule has 0 saturated carbocycles. The fraction of sp³-hybridized carbons (Fsp3) is 0.250. The highest BCUT2D eigenvalue weighted by molar-refractivity contribution is 7.20. The van der Waals surface area contributed by atoms with E-state index in [1.165, 1.54) is 25.3 Å². The standard InChI is InChI=1S/C20H16ClF3N2O4S/c1-10-14-17(27)25-16(26-18(14)31-15(10)19(28)30-7-6-29-2)13(21)9-11-4-3-5-12(8-11)20(22,23)24/h3-5,8-9H,6-7H2,1-2H3,(H,25,26,27)/b13-9-. The maximum atomic E-state index is 12.9. The molecule has 0 radical (unpaired) electrons. The Kier molecular flexibility index (Phi) is 6.83. The zero-order valence-corrected chi connectivity index (χ0v) is 17.9. The van der Waals surface area contributed by atoms with Crippen molar-refractivity contribution in [2.75, 3.05) is 20.3 Å². The molecule has 0 amide bonds. The van der Waals surface area contributed by atoms with E-state index in [4.69, 9.17) is 21.1 Å². The molecule has 0 saturated heterocycles. The van der Waals surface area contributed by atoms with Crippen molar-refractivity contribution in [3.8, 4) is 0 Å². The second-order valence-corrected chi connectivity index (χ2v) is 7.80. The van der Waals surface area contributed by atoms with Crippen LogP contribution in [0.25, 0.3) is 21.3 Å². The number of benzene rings is 1. The van der Waals surface area contributed by atoms with E-state index in [2.05, 4.69) is 9.97 Å². The summed E-state index contributed by atoms with van der Waals surface area (Å²) in [4.78, 5) is 32.1. The van der Waals surface area contributed by atoms with Crippen LogP contribution in [0.5, 0.6) is 0 Å². The van der Waals surface area contributed by atoms with Crippen LogP contribution in [0.3, 0.4) is 0 Å². The van der Waals surface area contributed by atoms with Gasteiger partial charge in [-0.25, -0.2) is 9.78 Å². The minimum Gasteiger partial charge on any atom is -0.459 e. The zero-order valence-electron chi connectivity index (χ0n) is 16.3. The first-order valence-electron chi connectivity index (χ1n) is 8.86. The number of H-pyrrole nitrogens is 1. The summed E-state index contributed by atoms with van der Waals surface area (Å²) in [7, 11) is 1.47. The van der Waals surface area contributed by atoms with Crippen LogP contribution in [0.15, 0.2) is 29.1 Å². The Bertz CT molecular complexity index is 1220. The van der Waals surface area contributed by atoms with Crippen molar-refractivity contribution in [3.05, 3.63) is 62.0 Å². The molecular formula is C20H16ClF3N2O4S. The summed E-state index contributed by atoms with van der Waals surface area (Å²) in [6.45, 7) is 1.89. The number of alkyl halides is 3. The predicted octanol–water partition coefficient (Wildman–Crippen LogP) is 4.85. The van der Waals surface area contributed by atoms with Crippen LogP contribution < -0.4 is 5.56 Å². The molecule has 3 aromatic rings. The van der Waals surface area contributed by atoms with Crippen LogP contribution in [-0.2, 0) is 15.7 Å². The molecule has 0 atom stereocenters. The molecule has 0 aliphatic carbocycles. The highest BCUT2D eigenvalue weighted by atomic mass is 35.5. The van der Waals surface area contributed by atoms with Gasteiger partial charge in [-0.05, 0) is 36.3 Å². The zero-order chi connectivity index (χ0) is 22.8. The van der Waals surface area contributed by atoms with E-state index in [0.29, 0.717) is 5.56 Å². The number of nitrogens with one attached hydrogen (secondary N) is 1. The molecule has 0 aliphatic rings. The molecule has 0 unspecified atom stereocenters. The number of carbonyl (C=O) groups is 1. The molecule has 0 aliphatic heterocycles. The quantitative estimate of drug-likeness (QED) is 0.409. The number of hydrogen-bond acceptors (Lipinski definition) is 6. The van der Waals surface area contributed by atoms with Gasteiger partial charge in [0.25, 0.3) is 5.56 Å². The number of aromatic nitrogens is 2. The summed E-state index contributed by atoms with van der Waals surface area (Å²) < 4.78 is 48.6. The number of nitrogens with zero attached hydrogens (tertiary/aromatic N) is 1. The Morgan fingerprint density at radius 2 is 2.06 bits per heavy atom.